The predicted molar refractivity (Wildman–Crippen MR) is 53.2 cm³/mol. The smallest absolute Gasteiger partial charge is 0.0544 e. The third-order valence-corrected chi connectivity index (χ3v) is 2.08. The van der Waals surface area contributed by atoms with Crippen LogP contribution < -0.4 is 5.73 Å². The van der Waals surface area contributed by atoms with Gasteiger partial charge in [-0.2, -0.15) is 0 Å². The molecule has 0 aromatic rings. The van der Waals surface area contributed by atoms with E-state index >= 15 is 0 Å². The van der Waals surface area contributed by atoms with Gasteiger partial charge in [0.2, 0.25) is 0 Å². The first kappa shape index (κ1) is 11.9. The van der Waals surface area contributed by atoms with E-state index in [1.807, 2.05) is 0 Å². The Hall–Kier alpha value is -0.0800. The van der Waals surface area contributed by atoms with Gasteiger partial charge in [-0.25, -0.2) is 0 Å². The largest absolute Gasteiger partial charge is 0.379 e. The van der Waals surface area contributed by atoms with E-state index in [9.17, 15) is 0 Å². The second kappa shape index (κ2) is 9.01. The van der Waals surface area contributed by atoms with Crippen molar-refractivity contribution in [3.8, 4) is 0 Å². The van der Waals surface area contributed by atoms with Crippen molar-refractivity contribution in [3.05, 3.63) is 0 Å². The summed E-state index contributed by atoms with van der Waals surface area (Å²) in [4.78, 5) is 0. The van der Waals surface area contributed by atoms with Crippen LogP contribution in [0, 0.1) is 0 Å². The normalized spacial score (nSPS) is 13.2. The highest BCUT2D eigenvalue weighted by molar-refractivity contribution is 4.46. The van der Waals surface area contributed by atoms with Crippen LogP contribution in [-0.2, 0) is 4.74 Å². The highest BCUT2D eigenvalue weighted by Crippen LogP contribution is 2.02. The summed E-state index contributed by atoms with van der Waals surface area (Å²) in [6, 6.07) is 0. The lowest BCUT2D eigenvalue weighted by Crippen LogP contribution is -2.07. The summed E-state index contributed by atoms with van der Waals surface area (Å²) in [6.45, 7) is 6.02. The van der Waals surface area contributed by atoms with E-state index in [1.165, 1.54) is 19.3 Å². The Morgan fingerprint density at radius 2 is 1.83 bits per heavy atom. The Morgan fingerprint density at radius 1 is 1.17 bits per heavy atom. The monoisotopic (exact) mass is 173 g/mol. The van der Waals surface area contributed by atoms with E-state index < -0.39 is 0 Å². The standard InChI is InChI=1S/C10H23NO/c1-3-10(2)12-9-7-5-4-6-8-11/h10H,3-9,11H2,1-2H3. The molecule has 2 N–H and O–H groups in total. The van der Waals surface area contributed by atoms with Crippen LogP contribution in [0.2, 0.25) is 0 Å². The van der Waals surface area contributed by atoms with Crippen molar-refractivity contribution in [1.82, 2.24) is 0 Å². The second-order valence-electron chi connectivity index (χ2n) is 3.29. The second-order valence-corrected chi connectivity index (χ2v) is 3.29. The lowest BCUT2D eigenvalue weighted by Gasteiger charge is -2.09. The quantitative estimate of drug-likeness (QED) is 0.572. The van der Waals surface area contributed by atoms with Gasteiger partial charge in [0.05, 0.1) is 6.10 Å². The highest BCUT2D eigenvalue weighted by Gasteiger charge is 1.96. The zero-order valence-electron chi connectivity index (χ0n) is 8.51. The molecule has 0 fully saturated rings. The molecule has 0 aliphatic rings. The summed E-state index contributed by atoms with van der Waals surface area (Å²) < 4.78 is 5.54. The van der Waals surface area contributed by atoms with Crippen LogP contribution in [0.5, 0.6) is 0 Å². The zero-order valence-corrected chi connectivity index (χ0v) is 8.51. The third-order valence-electron chi connectivity index (χ3n) is 2.08. The van der Waals surface area contributed by atoms with Crippen molar-refractivity contribution < 1.29 is 4.74 Å². The van der Waals surface area contributed by atoms with Gasteiger partial charge in [0.15, 0.2) is 0 Å². The van der Waals surface area contributed by atoms with Crippen molar-refractivity contribution in [2.24, 2.45) is 5.73 Å². The van der Waals surface area contributed by atoms with Gasteiger partial charge in [-0.1, -0.05) is 19.8 Å². The Bertz CT molecular complexity index is 85.9. The molecular weight excluding hydrogens is 150 g/mol. The van der Waals surface area contributed by atoms with E-state index in [0.717, 1.165) is 26.0 Å². The van der Waals surface area contributed by atoms with Crippen molar-refractivity contribution in [2.75, 3.05) is 13.2 Å². The molecule has 0 aliphatic carbocycles. The van der Waals surface area contributed by atoms with Crippen LogP contribution in [0.1, 0.15) is 46.0 Å². The van der Waals surface area contributed by atoms with Gasteiger partial charge < -0.3 is 10.5 Å². The first-order valence-corrected chi connectivity index (χ1v) is 5.13. The molecule has 0 radical (unpaired) electrons. The average Bonchev–Trinajstić information content (AvgIpc) is 2.10. The van der Waals surface area contributed by atoms with E-state index in [0.29, 0.717) is 6.10 Å². The molecule has 0 aliphatic heterocycles. The molecule has 0 saturated heterocycles. The molecule has 2 nitrogen and oxygen atoms in total. The van der Waals surface area contributed by atoms with Crippen molar-refractivity contribution in [3.63, 3.8) is 0 Å². The molecule has 74 valence electrons. The van der Waals surface area contributed by atoms with Gasteiger partial charge >= 0.3 is 0 Å². The molecular formula is C10H23NO. The fraction of sp³-hybridized carbons (Fsp3) is 1.00. The highest BCUT2D eigenvalue weighted by atomic mass is 16.5. The molecule has 0 aromatic carbocycles. The minimum atomic E-state index is 0.430. The van der Waals surface area contributed by atoms with Gasteiger partial charge in [0, 0.05) is 6.61 Å². The van der Waals surface area contributed by atoms with Gasteiger partial charge in [-0.05, 0) is 32.7 Å². The van der Waals surface area contributed by atoms with Crippen LogP contribution >= 0.6 is 0 Å². The summed E-state index contributed by atoms with van der Waals surface area (Å²) in [7, 11) is 0. The van der Waals surface area contributed by atoms with Crippen molar-refractivity contribution >= 4 is 0 Å². The number of hydrogen-bond donors (Lipinski definition) is 1. The van der Waals surface area contributed by atoms with Gasteiger partial charge in [-0.3, -0.25) is 0 Å². The lowest BCUT2D eigenvalue weighted by atomic mass is 10.2. The first-order chi connectivity index (χ1) is 5.81. The van der Waals surface area contributed by atoms with E-state index in [2.05, 4.69) is 13.8 Å². The Kier molecular flexibility index (Phi) is 8.95. The minimum Gasteiger partial charge on any atom is -0.379 e. The number of nitrogens with two attached hydrogens (primary N) is 1. The number of unbranched alkanes of at least 4 members (excludes halogenated alkanes) is 3. The number of hydrogen-bond acceptors (Lipinski definition) is 2. The zero-order chi connectivity index (χ0) is 9.23. The molecule has 12 heavy (non-hydrogen) atoms. The third kappa shape index (κ3) is 8.02. The Morgan fingerprint density at radius 3 is 2.42 bits per heavy atom. The van der Waals surface area contributed by atoms with Gasteiger partial charge in [0.1, 0.15) is 0 Å². The first-order valence-electron chi connectivity index (χ1n) is 5.13. The summed E-state index contributed by atoms with van der Waals surface area (Å²) in [5, 5.41) is 0. The number of ether oxygens (including phenoxy) is 1. The summed E-state index contributed by atoms with van der Waals surface area (Å²) in [5.74, 6) is 0. The predicted octanol–water partition coefficient (Wildman–Crippen LogP) is 2.32. The maximum Gasteiger partial charge on any atom is 0.0544 e. The van der Waals surface area contributed by atoms with Crippen molar-refractivity contribution in [1.29, 1.82) is 0 Å². The molecule has 1 atom stereocenters. The maximum absolute atomic E-state index is 5.54. The fourth-order valence-electron chi connectivity index (χ4n) is 1.00. The molecule has 0 rings (SSSR count). The molecule has 0 bridgehead atoms. The van der Waals surface area contributed by atoms with E-state index in [-0.39, 0.29) is 0 Å². The molecule has 0 spiro atoms. The fourth-order valence-corrected chi connectivity index (χ4v) is 1.00. The Labute approximate surface area is 76.5 Å². The van der Waals surface area contributed by atoms with Gasteiger partial charge in [-0.15, -0.1) is 0 Å². The molecule has 0 saturated carbocycles. The van der Waals surface area contributed by atoms with Crippen LogP contribution in [0.15, 0.2) is 0 Å². The lowest BCUT2D eigenvalue weighted by molar-refractivity contribution is 0.0608. The van der Waals surface area contributed by atoms with E-state index in [4.69, 9.17) is 10.5 Å². The molecule has 0 heterocycles. The van der Waals surface area contributed by atoms with Crippen LogP contribution in [0.3, 0.4) is 0 Å². The maximum atomic E-state index is 5.54. The summed E-state index contributed by atoms with van der Waals surface area (Å²) >= 11 is 0. The molecule has 0 aromatic heterocycles. The number of rotatable bonds is 8. The van der Waals surface area contributed by atoms with Gasteiger partial charge in [0.25, 0.3) is 0 Å². The minimum absolute atomic E-state index is 0.430. The SMILES string of the molecule is CCC(C)OCCCCCCN. The van der Waals surface area contributed by atoms with Crippen molar-refractivity contribution in [2.45, 2.75) is 52.1 Å². The molecule has 2 heteroatoms. The van der Waals surface area contributed by atoms with Crippen LogP contribution in [0.25, 0.3) is 0 Å². The average molecular weight is 173 g/mol. The van der Waals surface area contributed by atoms with Crippen LogP contribution in [0.4, 0.5) is 0 Å². The molecule has 0 amide bonds. The summed E-state index contributed by atoms with van der Waals surface area (Å²) in [6.07, 6.45) is 6.39. The topological polar surface area (TPSA) is 35.2 Å². The Balaban J connectivity index is 2.90. The molecule has 1 unspecified atom stereocenters. The van der Waals surface area contributed by atoms with Crippen LogP contribution in [-0.4, -0.2) is 19.3 Å². The summed E-state index contributed by atoms with van der Waals surface area (Å²) in [5.41, 5.74) is 5.38. The van der Waals surface area contributed by atoms with E-state index in [1.54, 1.807) is 0 Å².